The SMILES string of the molecule is Cc1nn(C)cc1CN(C)C1CCCNC1. The Kier molecular flexibility index (Phi) is 3.61. The van der Waals surface area contributed by atoms with E-state index in [-0.39, 0.29) is 0 Å². The van der Waals surface area contributed by atoms with Crippen molar-refractivity contribution in [3.63, 3.8) is 0 Å². The Balaban J connectivity index is 1.95. The molecule has 0 spiro atoms. The maximum Gasteiger partial charge on any atom is 0.0638 e. The highest BCUT2D eigenvalue weighted by atomic mass is 15.3. The summed E-state index contributed by atoms with van der Waals surface area (Å²) in [5.74, 6) is 0. The number of hydrogen-bond donors (Lipinski definition) is 1. The smallest absolute Gasteiger partial charge is 0.0638 e. The Labute approximate surface area is 97.6 Å². The zero-order valence-electron chi connectivity index (χ0n) is 10.5. The lowest BCUT2D eigenvalue weighted by molar-refractivity contribution is 0.195. The van der Waals surface area contributed by atoms with Crippen molar-refractivity contribution >= 4 is 0 Å². The molecule has 1 aromatic heterocycles. The number of likely N-dealkylation sites (N-methyl/N-ethyl adjacent to an activating group) is 1. The van der Waals surface area contributed by atoms with Gasteiger partial charge in [0.25, 0.3) is 0 Å². The van der Waals surface area contributed by atoms with Gasteiger partial charge in [-0.05, 0) is 33.4 Å². The second kappa shape index (κ2) is 4.97. The van der Waals surface area contributed by atoms with Gasteiger partial charge in [-0.2, -0.15) is 5.10 Å². The molecule has 1 aliphatic heterocycles. The normalized spacial score (nSPS) is 21.6. The van der Waals surface area contributed by atoms with Crippen LogP contribution in [-0.2, 0) is 13.6 Å². The highest BCUT2D eigenvalue weighted by Crippen LogP contribution is 2.14. The van der Waals surface area contributed by atoms with Crippen LogP contribution in [0, 0.1) is 6.92 Å². The van der Waals surface area contributed by atoms with Gasteiger partial charge in [-0.1, -0.05) is 0 Å². The molecule has 1 aliphatic rings. The Hall–Kier alpha value is -0.870. The first kappa shape index (κ1) is 11.6. The van der Waals surface area contributed by atoms with Crippen LogP contribution in [0.5, 0.6) is 0 Å². The van der Waals surface area contributed by atoms with Gasteiger partial charge in [0.2, 0.25) is 0 Å². The quantitative estimate of drug-likeness (QED) is 0.825. The van der Waals surface area contributed by atoms with Gasteiger partial charge >= 0.3 is 0 Å². The van der Waals surface area contributed by atoms with Gasteiger partial charge in [0.05, 0.1) is 5.69 Å². The first-order valence-electron chi connectivity index (χ1n) is 6.07. The van der Waals surface area contributed by atoms with Gasteiger partial charge in [-0.25, -0.2) is 0 Å². The van der Waals surface area contributed by atoms with Crippen molar-refractivity contribution < 1.29 is 0 Å². The summed E-state index contributed by atoms with van der Waals surface area (Å²) in [6, 6.07) is 0.674. The van der Waals surface area contributed by atoms with E-state index >= 15 is 0 Å². The summed E-state index contributed by atoms with van der Waals surface area (Å²) >= 11 is 0. The van der Waals surface area contributed by atoms with E-state index in [2.05, 4.69) is 35.5 Å². The average molecular weight is 222 g/mol. The minimum atomic E-state index is 0.674. The predicted octanol–water partition coefficient (Wildman–Crippen LogP) is 0.912. The van der Waals surface area contributed by atoms with Crippen molar-refractivity contribution in [2.45, 2.75) is 32.4 Å². The minimum Gasteiger partial charge on any atom is -0.315 e. The predicted molar refractivity (Wildman–Crippen MR) is 65.3 cm³/mol. The maximum absolute atomic E-state index is 4.38. The van der Waals surface area contributed by atoms with Crippen LogP contribution in [0.3, 0.4) is 0 Å². The number of aryl methyl sites for hydroxylation is 2. The molecule has 0 aliphatic carbocycles. The fourth-order valence-electron chi connectivity index (χ4n) is 2.41. The summed E-state index contributed by atoms with van der Waals surface area (Å²) in [6.45, 7) is 5.39. The molecule has 16 heavy (non-hydrogen) atoms. The molecule has 1 saturated heterocycles. The van der Waals surface area contributed by atoms with Crippen LogP contribution in [0.1, 0.15) is 24.1 Å². The van der Waals surface area contributed by atoms with Crippen molar-refractivity contribution in [3.8, 4) is 0 Å². The molecule has 1 N–H and O–H groups in total. The highest BCUT2D eigenvalue weighted by Gasteiger charge is 2.18. The monoisotopic (exact) mass is 222 g/mol. The topological polar surface area (TPSA) is 33.1 Å². The molecular weight excluding hydrogens is 200 g/mol. The Bertz CT molecular complexity index is 339. The average Bonchev–Trinajstić information content (AvgIpc) is 2.59. The van der Waals surface area contributed by atoms with Gasteiger partial charge < -0.3 is 5.32 Å². The van der Waals surface area contributed by atoms with E-state index in [1.165, 1.54) is 24.9 Å². The Morgan fingerprint density at radius 2 is 2.44 bits per heavy atom. The largest absolute Gasteiger partial charge is 0.315 e. The summed E-state index contributed by atoms with van der Waals surface area (Å²) in [6.07, 6.45) is 4.73. The number of rotatable bonds is 3. The van der Waals surface area contributed by atoms with E-state index in [9.17, 15) is 0 Å². The third kappa shape index (κ3) is 2.62. The van der Waals surface area contributed by atoms with Crippen molar-refractivity contribution in [2.24, 2.45) is 7.05 Å². The van der Waals surface area contributed by atoms with E-state index < -0.39 is 0 Å². The number of hydrogen-bond acceptors (Lipinski definition) is 3. The second-order valence-electron chi connectivity index (χ2n) is 4.83. The molecule has 0 aromatic carbocycles. The summed E-state index contributed by atoms with van der Waals surface area (Å²) in [4.78, 5) is 2.44. The van der Waals surface area contributed by atoms with Crippen LogP contribution in [0.15, 0.2) is 6.20 Å². The molecule has 1 fully saturated rings. The fraction of sp³-hybridized carbons (Fsp3) is 0.750. The molecule has 2 heterocycles. The van der Waals surface area contributed by atoms with Gasteiger partial charge in [0.15, 0.2) is 0 Å². The molecule has 0 bridgehead atoms. The van der Waals surface area contributed by atoms with E-state index in [0.29, 0.717) is 6.04 Å². The zero-order chi connectivity index (χ0) is 11.5. The number of aromatic nitrogens is 2. The molecule has 1 atom stereocenters. The van der Waals surface area contributed by atoms with Gasteiger partial charge in [0.1, 0.15) is 0 Å². The molecule has 0 amide bonds. The summed E-state index contributed by atoms with van der Waals surface area (Å²) in [7, 11) is 4.20. The maximum atomic E-state index is 4.38. The molecular formula is C12H22N4. The van der Waals surface area contributed by atoms with Crippen LogP contribution >= 0.6 is 0 Å². The van der Waals surface area contributed by atoms with Gasteiger partial charge in [-0.15, -0.1) is 0 Å². The summed E-state index contributed by atoms with van der Waals surface area (Å²) in [5, 5.41) is 7.84. The number of nitrogens with zero attached hydrogens (tertiary/aromatic N) is 3. The van der Waals surface area contributed by atoms with Crippen LogP contribution in [0.4, 0.5) is 0 Å². The molecule has 0 saturated carbocycles. The zero-order valence-corrected chi connectivity index (χ0v) is 10.5. The van der Waals surface area contributed by atoms with Gasteiger partial charge in [0, 0.05) is 37.9 Å². The molecule has 1 unspecified atom stereocenters. The summed E-state index contributed by atoms with van der Waals surface area (Å²) in [5.41, 5.74) is 2.49. The molecule has 4 heteroatoms. The molecule has 2 rings (SSSR count). The third-order valence-electron chi connectivity index (χ3n) is 3.43. The minimum absolute atomic E-state index is 0.674. The fourth-order valence-corrected chi connectivity index (χ4v) is 2.41. The van der Waals surface area contributed by atoms with Crippen molar-refractivity contribution in [2.75, 3.05) is 20.1 Å². The summed E-state index contributed by atoms with van der Waals surface area (Å²) < 4.78 is 1.90. The Morgan fingerprint density at radius 3 is 3.00 bits per heavy atom. The van der Waals surface area contributed by atoms with E-state index in [0.717, 1.165) is 18.8 Å². The first-order chi connectivity index (χ1) is 7.66. The highest BCUT2D eigenvalue weighted by molar-refractivity contribution is 5.15. The van der Waals surface area contributed by atoms with E-state index in [4.69, 9.17) is 0 Å². The second-order valence-corrected chi connectivity index (χ2v) is 4.83. The van der Waals surface area contributed by atoms with Crippen molar-refractivity contribution in [1.82, 2.24) is 20.0 Å². The van der Waals surface area contributed by atoms with Crippen LogP contribution in [0.25, 0.3) is 0 Å². The lowest BCUT2D eigenvalue weighted by atomic mass is 10.1. The molecule has 1 aromatic rings. The standard InChI is InChI=1S/C12H22N4/c1-10-11(9-16(3)14-10)8-15(2)12-5-4-6-13-7-12/h9,12-13H,4-8H2,1-3H3. The Morgan fingerprint density at radius 1 is 1.62 bits per heavy atom. The van der Waals surface area contributed by atoms with E-state index in [1.54, 1.807) is 0 Å². The van der Waals surface area contributed by atoms with Crippen molar-refractivity contribution in [3.05, 3.63) is 17.5 Å². The molecule has 0 radical (unpaired) electrons. The molecule has 4 nitrogen and oxygen atoms in total. The van der Waals surface area contributed by atoms with Gasteiger partial charge in [-0.3, -0.25) is 9.58 Å². The number of nitrogens with one attached hydrogen (secondary N) is 1. The van der Waals surface area contributed by atoms with Crippen LogP contribution in [-0.4, -0.2) is 40.9 Å². The first-order valence-corrected chi connectivity index (χ1v) is 6.07. The van der Waals surface area contributed by atoms with Crippen molar-refractivity contribution in [1.29, 1.82) is 0 Å². The van der Waals surface area contributed by atoms with E-state index in [1.807, 2.05) is 11.7 Å². The van der Waals surface area contributed by atoms with Crippen LogP contribution < -0.4 is 5.32 Å². The number of piperidine rings is 1. The lowest BCUT2D eigenvalue weighted by Crippen LogP contribution is -2.43. The van der Waals surface area contributed by atoms with Crippen LogP contribution in [0.2, 0.25) is 0 Å². The lowest BCUT2D eigenvalue weighted by Gasteiger charge is -2.31. The molecule has 90 valence electrons. The third-order valence-corrected chi connectivity index (χ3v) is 3.43.